The highest BCUT2D eigenvalue weighted by molar-refractivity contribution is 5.84. The largest absolute Gasteiger partial charge is 0.494 e. The van der Waals surface area contributed by atoms with Crippen LogP contribution in [0, 0.1) is 5.82 Å². The van der Waals surface area contributed by atoms with Crippen molar-refractivity contribution in [1.29, 1.82) is 0 Å². The summed E-state index contributed by atoms with van der Waals surface area (Å²) in [4.78, 5) is 22.5. The van der Waals surface area contributed by atoms with Gasteiger partial charge in [-0.1, -0.05) is 6.07 Å². The van der Waals surface area contributed by atoms with Crippen molar-refractivity contribution < 1.29 is 18.7 Å². The van der Waals surface area contributed by atoms with E-state index in [4.69, 9.17) is 9.47 Å². The molecule has 1 heterocycles. The van der Waals surface area contributed by atoms with E-state index >= 15 is 0 Å². The van der Waals surface area contributed by atoms with Crippen LogP contribution in [0.3, 0.4) is 0 Å². The maximum Gasteiger partial charge on any atom is 0.243 e. The quantitative estimate of drug-likeness (QED) is 0.339. The van der Waals surface area contributed by atoms with Crippen LogP contribution >= 0.6 is 0 Å². The minimum absolute atomic E-state index is 0.0335. The molecule has 0 radical (unpaired) electrons. The topological polar surface area (TPSA) is 69.6 Å². The predicted molar refractivity (Wildman–Crippen MR) is 120 cm³/mol. The smallest absolute Gasteiger partial charge is 0.243 e. The third kappa shape index (κ3) is 8.34. The lowest BCUT2D eigenvalue weighted by atomic mass is 10.2. The predicted octanol–water partition coefficient (Wildman–Crippen LogP) is 1.41. The van der Waals surface area contributed by atoms with Crippen molar-refractivity contribution in [3.05, 3.63) is 29.6 Å². The lowest BCUT2D eigenvalue weighted by Gasteiger charge is -2.36. The van der Waals surface area contributed by atoms with E-state index in [1.165, 1.54) is 13.2 Å². The Morgan fingerprint density at radius 2 is 2.00 bits per heavy atom. The monoisotopic (exact) mass is 437 g/mol. The normalized spacial score (nSPS) is 15.1. The van der Waals surface area contributed by atoms with Gasteiger partial charge in [-0.15, -0.1) is 0 Å². The molecule has 1 aliphatic rings. The summed E-state index contributed by atoms with van der Waals surface area (Å²) >= 11 is 0. The van der Waals surface area contributed by atoms with Gasteiger partial charge in [0, 0.05) is 66.6 Å². The van der Waals surface area contributed by atoms with E-state index in [-0.39, 0.29) is 24.0 Å². The Labute approximate surface area is 185 Å². The summed E-state index contributed by atoms with van der Waals surface area (Å²) in [6, 6.07) is 5.10. The number of rotatable bonds is 10. The molecule has 2 rings (SSSR count). The molecule has 1 aliphatic heterocycles. The van der Waals surface area contributed by atoms with Crippen LogP contribution in [0.2, 0.25) is 0 Å². The van der Waals surface area contributed by atoms with Crippen LogP contribution in [0.1, 0.15) is 18.9 Å². The maximum absolute atomic E-state index is 14.0. The number of likely N-dealkylation sites (N-methyl/N-ethyl adjacent to an activating group) is 1. The lowest BCUT2D eigenvalue weighted by molar-refractivity contribution is -0.127. The third-order valence-corrected chi connectivity index (χ3v) is 5.11. The number of amides is 1. The molecule has 9 heteroatoms. The summed E-state index contributed by atoms with van der Waals surface area (Å²) in [6.07, 6.45) is 0.873. The molecule has 1 aromatic rings. The molecule has 8 nitrogen and oxygen atoms in total. The SMILES string of the molecule is CCOCCCNC(=NCC(=O)N(C)C)N1CCN(Cc2ccc(OC)c(F)c2)CC1. The molecule has 0 unspecified atom stereocenters. The molecule has 1 fully saturated rings. The molecule has 0 aromatic heterocycles. The minimum atomic E-state index is -0.338. The molecule has 0 aliphatic carbocycles. The fourth-order valence-corrected chi connectivity index (χ4v) is 3.25. The number of carbonyl (C=O) groups excluding carboxylic acids is 1. The number of methoxy groups -OCH3 is 1. The number of hydrogen-bond donors (Lipinski definition) is 1. The number of ether oxygens (including phenoxy) is 2. The fraction of sp³-hybridized carbons (Fsp3) is 0.636. The van der Waals surface area contributed by atoms with Gasteiger partial charge in [-0.05, 0) is 31.0 Å². The Bertz CT molecular complexity index is 721. The van der Waals surface area contributed by atoms with Gasteiger partial charge >= 0.3 is 0 Å². The molecular weight excluding hydrogens is 401 g/mol. The van der Waals surface area contributed by atoms with Gasteiger partial charge in [0.1, 0.15) is 6.54 Å². The van der Waals surface area contributed by atoms with Crippen molar-refractivity contribution in [2.75, 3.05) is 73.7 Å². The second-order valence-electron chi connectivity index (χ2n) is 7.64. The molecule has 1 aromatic carbocycles. The molecule has 1 amide bonds. The molecule has 0 atom stereocenters. The molecule has 31 heavy (non-hydrogen) atoms. The molecule has 174 valence electrons. The first-order chi connectivity index (χ1) is 14.9. The summed E-state index contributed by atoms with van der Waals surface area (Å²) < 4.78 is 24.3. The second-order valence-corrected chi connectivity index (χ2v) is 7.64. The average Bonchev–Trinajstić information content (AvgIpc) is 2.76. The van der Waals surface area contributed by atoms with Crippen LogP contribution in [0.15, 0.2) is 23.2 Å². The minimum Gasteiger partial charge on any atom is -0.494 e. The van der Waals surface area contributed by atoms with Crippen LogP contribution < -0.4 is 10.1 Å². The number of halogens is 1. The summed E-state index contributed by atoms with van der Waals surface area (Å²) in [6.45, 7) is 8.14. The number of aliphatic imine (C=N–C) groups is 1. The summed E-state index contributed by atoms with van der Waals surface area (Å²) in [5.41, 5.74) is 0.922. The Morgan fingerprint density at radius 1 is 1.26 bits per heavy atom. The van der Waals surface area contributed by atoms with Crippen molar-refractivity contribution >= 4 is 11.9 Å². The molecule has 0 bridgehead atoms. The highest BCUT2D eigenvalue weighted by Gasteiger charge is 2.20. The van der Waals surface area contributed by atoms with Gasteiger partial charge in [0.2, 0.25) is 5.91 Å². The zero-order valence-corrected chi connectivity index (χ0v) is 19.2. The number of piperazine rings is 1. The fourth-order valence-electron chi connectivity index (χ4n) is 3.25. The third-order valence-electron chi connectivity index (χ3n) is 5.11. The number of hydrogen-bond acceptors (Lipinski definition) is 5. The number of guanidine groups is 1. The molecule has 0 saturated carbocycles. The highest BCUT2D eigenvalue weighted by atomic mass is 19.1. The van der Waals surface area contributed by atoms with E-state index in [2.05, 4.69) is 20.1 Å². The van der Waals surface area contributed by atoms with Gasteiger partial charge in [-0.3, -0.25) is 9.69 Å². The maximum atomic E-state index is 14.0. The number of nitrogens with zero attached hydrogens (tertiary/aromatic N) is 4. The molecular formula is C22H36FN5O3. The first-order valence-corrected chi connectivity index (χ1v) is 10.8. The van der Waals surface area contributed by atoms with E-state index in [1.807, 2.05) is 13.0 Å². The van der Waals surface area contributed by atoms with Crippen LogP contribution in [0.4, 0.5) is 4.39 Å². The van der Waals surface area contributed by atoms with E-state index < -0.39 is 0 Å². The van der Waals surface area contributed by atoms with Gasteiger partial charge in [0.05, 0.1) is 7.11 Å². The van der Waals surface area contributed by atoms with E-state index in [9.17, 15) is 9.18 Å². The Balaban J connectivity index is 1.91. The Kier molecular flexibility index (Phi) is 10.5. The van der Waals surface area contributed by atoms with Crippen molar-refractivity contribution in [1.82, 2.24) is 20.0 Å². The zero-order chi connectivity index (χ0) is 22.6. The Morgan fingerprint density at radius 3 is 2.61 bits per heavy atom. The van der Waals surface area contributed by atoms with E-state index in [0.29, 0.717) is 19.8 Å². The van der Waals surface area contributed by atoms with Crippen LogP contribution in [-0.4, -0.2) is 100 Å². The lowest BCUT2D eigenvalue weighted by Crippen LogP contribution is -2.52. The average molecular weight is 438 g/mol. The first kappa shape index (κ1) is 24.9. The first-order valence-electron chi connectivity index (χ1n) is 10.8. The summed E-state index contributed by atoms with van der Waals surface area (Å²) in [5.74, 6) is 0.641. The molecule has 1 N–H and O–H groups in total. The van der Waals surface area contributed by atoms with Crippen molar-refractivity contribution in [3.63, 3.8) is 0 Å². The number of benzene rings is 1. The van der Waals surface area contributed by atoms with Crippen molar-refractivity contribution in [3.8, 4) is 5.75 Å². The van der Waals surface area contributed by atoms with Crippen molar-refractivity contribution in [2.24, 2.45) is 4.99 Å². The van der Waals surface area contributed by atoms with Crippen LogP contribution in [0.25, 0.3) is 0 Å². The second kappa shape index (κ2) is 13.1. The van der Waals surface area contributed by atoms with Gasteiger partial charge < -0.3 is 24.6 Å². The van der Waals surface area contributed by atoms with Gasteiger partial charge in [-0.25, -0.2) is 9.38 Å². The van der Waals surface area contributed by atoms with Gasteiger partial charge in [0.25, 0.3) is 0 Å². The Hall–Kier alpha value is -2.39. The van der Waals surface area contributed by atoms with Crippen LogP contribution in [0.5, 0.6) is 5.75 Å². The van der Waals surface area contributed by atoms with Gasteiger partial charge in [0.15, 0.2) is 17.5 Å². The number of nitrogens with one attached hydrogen (secondary N) is 1. The molecule has 0 spiro atoms. The van der Waals surface area contributed by atoms with E-state index in [0.717, 1.165) is 50.7 Å². The standard InChI is InChI=1S/C22H36FN5O3/c1-5-31-14-6-9-24-22(25-16-21(29)26(2)3)28-12-10-27(11-13-28)17-18-7-8-20(30-4)19(23)15-18/h7-8,15H,5-6,9-14,16-17H2,1-4H3,(H,24,25). The van der Waals surface area contributed by atoms with Gasteiger partial charge in [-0.2, -0.15) is 0 Å². The zero-order valence-electron chi connectivity index (χ0n) is 19.2. The summed E-state index contributed by atoms with van der Waals surface area (Å²) in [5, 5.41) is 3.37. The highest BCUT2D eigenvalue weighted by Crippen LogP contribution is 2.19. The van der Waals surface area contributed by atoms with Crippen molar-refractivity contribution in [2.45, 2.75) is 19.9 Å². The number of carbonyl (C=O) groups is 1. The summed E-state index contributed by atoms with van der Waals surface area (Å²) in [7, 11) is 4.93. The van der Waals surface area contributed by atoms with E-state index in [1.54, 1.807) is 25.1 Å². The molecule has 1 saturated heterocycles. The van der Waals surface area contributed by atoms with Crippen LogP contribution in [-0.2, 0) is 16.1 Å².